The summed E-state index contributed by atoms with van der Waals surface area (Å²) in [4.78, 5) is 12.5. The lowest BCUT2D eigenvalue weighted by molar-refractivity contribution is 0.0383. The third-order valence-electron chi connectivity index (χ3n) is 4.67. The van der Waals surface area contributed by atoms with Crippen molar-refractivity contribution in [3.05, 3.63) is 87.2 Å². The molecule has 7 heteroatoms. The van der Waals surface area contributed by atoms with Crippen LogP contribution >= 0.6 is 23.2 Å². The van der Waals surface area contributed by atoms with Crippen molar-refractivity contribution in [3.63, 3.8) is 0 Å². The number of carbonyl (C=O) groups is 1. The molecule has 0 fully saturated rings. The van der Waals surface area contributed by atoms with E-state index in [0.29, 0.717) is 35.3 Å². The summed E-state index contributed by atoms with van der Waals surface area (Å²) in [5.41, 5.74) is 3.56. The Kier molecular flexibility index (Phi) is 5.67. The van der Waals surface area contributed by atoms with E-state index in [0.717, 1.165) is 17.7 Å². The molecular weight excluding hydrogens is 397 g/mol. The van der Waals surface area contributed by atoms with Crippen LogP contribution in [0.4, 0.5) is 0 Å². The fourth-order valence-electron chi connectivity index (χ4n) is 3.29. The van der Waals surface area contributed by atoms with Gasteiger partial charge in [-0.3, -0.25) is 9.48 Å². The topological polar surface area (TPSA) is 56.1 Å². The van der Waals surface area contributed by atoms with Crippen LogP contribution in [-0.2, 0) is 17.7 Å². The largest absolute Gasteiger partial charge is 0.370 e. The maximum absolute atomic E-state index is 12.5. The number of benzene rings is 2. The van der Waals surface area contributed by atoms with Crippen LogP contribution in [0.2, 0.25) is 10.0 Å². The Morgan fingerprint density at radius 1 is 1.21 bits per heavy atom. The molecule has 144 valence electrons. The van der Waals surface area contributed by atoms with Crippen molar-refractivity contribution in [2.75, 3.05) is 13.2 Å². The van der Waals surface area contributed by atoms with E-state index < -0.39 is 0 Å². The van der Waals surface area contributed by atoms with Gasteiger partial charge in [0.2, 0.25) is 0 Å². The number of aromatic nitrogens is 2. The van der Waals surface area contributed by atoms with Gasteiger partial charge in [-0.05, 0) is 35.7 Å². The summed E-state index contributed by atoms with van der Waals surface area (Å²) < 4.78 is 7.79. The Labute approximate surface area is 173 Å². The molecule has 1 aliphatic heterocycles. The van der Waals surface area contributed by atoms with Gasteiger partial charge in [0.05, 0.1) is 29.4 Å². The van der Waals surface area contributed by atoms with Crippen LogP contribution in [0.3, 0.4) is 0 Å². The zero-order valence-corrected chi connectivity index (χ0v) is 16.6. The second-order valence-electron chi connectivity index (χ2n) is 6.67. The highest BCUT2D eigenvalue weighted by Gasteiger charge is 2.25. The summed E-state index contributed by atoms with van der Waals surface area (Å²) in [5, 5.41) is 8.41. The highest BCUT2D eigenvalue weighted by Crippen LogP contribution is 2.26. The minimum Gasteiger partial charge on any atom is -0.370 e. The average molecular weight is 416 g/mol. The maximum Gasteiger partial charge on any atom is 0.252 e. The molecule has 1 aromatic heterocycles. The number of nitrogens with zero attached hydrogens (tertiary/aromatic N) is 2. The molecule has 4 rings (SSSR count). The van der Waals surface area contributed by atoms with E-state index in [9.17, 15) is 4.79 Å². The normalized spacial score (nSPS) is 15.9. The molecule has 28 heavy (non-hydrogen) atoms. The van der Waals surface area contributed by atoms with Crippen LogP contribution in [0.5, 0.6) is 0 Å². The van der Waals surface area contributed by atoms with E-state index in [1.54, 1.807) is 18.2 Å². The van der Waals surface area contributed by atoms with Crippen LogP contribution in [0, 0.1) is 0 Å². The van der Waals surface area contributed by atoms with Gasteiger partial charge >= 0.3 is 0 Å². The van der Waals surface area contributed by atoms with Crippen molar-refractivity contribution in [2.45, 2.75) is 19.1 Å². The van der Waals surface area contributed by atoms with Crippen LogP contribution < -0.4 is 5.32 Å². The van der Waals surface area contributed by atoms with Gasteiger partial charge in [0.1, 0.15) is 6.10 Å². The summed E-state index contributed by atoms with van der Waals surface area (Å²) in [5.74, 6) is -0.285. The summed E-state index contributed by atoms with van der Waals surface area (Å²) >= 11 is 12.1. The molecule has 0 spiro atoms. The lowest BCUT2D eigenvalue weighted by atomic mass is 10.1. The predicted molar refractivity (Wildman–Crippen MR) is 109 cm³/mol. The molecule has 0 saturated carbocycles. The Morgan fingerprint density at radius 2 is 2.04 bits per heavy atom. The second kappa shape index (κ2) is 8.35. The number of fused-ring (bicyclic) bond motifs is 1. The number of carbonyl (C=O) groups excluding carboxylic acids is 1. The van der Waals surface area contributed by atoms with Gasteiger partial charge in [0.25, 0.3) is 5.91 Å². The molecule has 0 radical (unpaired) electrons. The molecule has 1 aliphatic rings. The van der Waals surface area contributed by atoms with Crippen LogP contribution in [-0.4, -0.2) is 28.8 Å². The highest BCUT2D eigenvalue weighted by molar-refractivity contribution is 6.35. The van der Waals surface area contributed by atoms with Gasteiger partial charge in [0, 0.05) is 17.8 Å². The van der Waals surface area contributed by atoms with Gasteiger partial charge in [0.15, 0.2) is 0 Å². The van der Waals surface area contributed by atoms with E-state index in [1.165, 1.54) is 5.56 Å². The first kappa shape index (κ1) is 19.0. The average Bonchev–Trinajstić information content (AvgIpc) is 3.11. The number of hydrogen-bond acceptors (Lipinski definition) is 3. The quantitative estimate of drug-likeness (QED) is 0.676. The fraction of sp³-hybridized carbons (Fsp3) is 0.238. The van der Waals surface area contributed by atoms with Crippen LogP contribution in [0.25, 0.3) is 0 Å². The highest BCUT2D eigenvalue weighted by atomic mass is 35.5. The van der Waals surface area contributed by atoms with Crippen molar-refractivity contribution >= 4 is 29.1 Å². The number of nitrogens with one attached hydrogen (secondary N) is 1. The van der Waals surface area contributed by atoms with Crippen molar-refractivity contribution in [3.8, 4) is 0 Å². The van der Waals surface area contributed by atoms with E-state index in [-0.39, 0.29) is 12.0 Å². The standard InChI is InChI=1S/C21H19Cl2N3O2/c22-16-6-7-18(23)17(10-16)21(27)24-11-19-20-15(8-9-28-19)13-26(25-20)12-14-4-2-1-3-5-14/h1-7,10,13,19H,8-9,11-12H2,(H,24,27)/t19-/m1/s1. The molecule has 0 aliphatic carbocycles. The smallest absolute Gasteiger partial charge is 0.252 e. The Hall–Kier alpha value is -2.34. The van der Waals surface area contributed by atoms with Crippen molar-refractivity contribution in [2.24, 2.45) is 0 Å². The first-order valence-electron chi connectivity index (χ1n) is 9.05. The molecule has 2 heterocycles. The third kappa shape index (κ3) is 4.22. The lowest BCUT2D eigenvalue weighted by Gasteiger charge is -2.22. The number of rotatable bonds is 5. The fourth-order valence-corrected chi connectivity index (χ4v) is 3.67. The van der Waals surface area contributed by atoms with E-state index in [2.05, 4.69) is 23.6 Å². The van der Waals surface area contributed by atoms with Crippen LogP contribution in [0.15, 0.2) is 54.7 Å². The maximum atomic E-state index is 12.5. The van der Waals surface area contributed by atoms with Gasteiger partial charge in [-0.1, -0.05) is 53.5 Å². The van der Waals surface area contributed by atoms with Crippen molar-refractivity contribution in [1.29, 1.82) is 0 Å². The second-order valence-corrected chi connectivity index (χ2v) is 7.51. The minimum absolute atomic E-state index is 0.285. The molecule has 0 saturated heterocycles. The number of ether oxygens (including phenoxy) is 1. The van der Waals surface area contributed by atoms with Crippen LogP contribution in [0.1, 0.15) is 33.3 Å². The molecule has 0 unspecified atom stereocenters. The van der Waals surface area contributed by atoms with Gasteiger partial charge in [-0.15, -0.1) is 0 Å². The number of halogens is 2. The van der Waals surface area contributed by atoms with Crippen molar-refractivity contribution in [1.82, 2.24) is 15.1 Å². The third-order valence-corrected chi connectivity index (χ3v) is 5.24. The summed E-state index contributed by atoms with van der Waals surface area (Å²) in [6.07, 6.45) is 2.59. The SMILES string of the molecule is O=C(NC[C@H]1OCCc2cn(Cc3ccccc3)nc21)c1cc(Cl)ccc1Cl. The summed E-state index contributed by atoms with van der Waals surface area (Å²) in [6.45, 7) is 1.62. The molecule has 0 bridgehead atoms. The lowest BCUT2D eigenvalue weighted by Crippen LogP contribution is -2.32. The monoisotopic (exact) mass is 415 g/mol. The predicted octanol–water partition coefficient (Wildman–Crippen LogP) is 4.28. The van der Waals surface area contributed by atoms with Gasteiger partial charge in [-0.2, -0.15) is 5.10 Å². The minimum atomic E-state index is -0.289. The first-order chi connectivity index (χ1) is 13.6. The molecule has 5 nitrogen and oxygen atoms in total. The van der Waals surface area contributed by atoms with E-state index >= 15 is 0 Å². The molecule has 1 N–H and O–H groups in total. The zero-order chi connectivity index (χ0) is 19.5. The van der Waals surface area contributed by atoms with Crippen molar-refractivity contribution < 1.29 is 9.53 Å². The summed E-state index contributed by atoms with van der Waals surface area (Å²) in [6, 6.07) is 15.0. The Balaban J connectivity index is 1.46. The molecule has 3 aromatic rings. The number of hydrogen-bond donors (Lipinski definition) is 1. The molecule has 1 amide bonds. The zero-order valence-electron chi connectivity index (χ0n) is 15.1. The number of amides is 1. The molecule has 2 aromatic carbocycles. The summed E-state index contributed by atoms with van der Waals surface area (Å²) in [7, 11) is 0. The molecule has 1 atom stereocenters. The first-order valence-corrected chi connectivity index (χ1v) is 9.81. The molecular formula is C21H19Cl2N3O2. The Bertz CT molecular complexity index is 989. The van der Waals surface area contributed by atoms with E-state index in [1.807, 2.05) is 22.9 Å². The van der Waals surface area contributed by atoms with Gasteiger partial charge < -0.3 is 10.1 Å². The van der Waals surface area contributed by atoms with Gasteiger partial charge in [-0.25, -0.2) is 0 Å². The Morgan fingerprint density at radius 3 is 2.86 bits per heavy atom. The van der Waals surface area contributed by atoms with E-state index in [4.69, 9.17) is 33.0 Å².